The number of nitrogens with zero attached hydrogens (tertiary/aromatic N) is 1. The number of likely N-dealkylation sites (tertiary alicyclic amines) is 1. The normalized spacial score (nSPS) is 17.9. The molecule has 1 atom stereocenters. The first kappa shape index (κ1) is 16.8. The van der Waals surface area contributed by atoms with E-state index in [-0.39, 0.29) is 17.9 Å². The zero-order valence-corrected chi connectivity index (χ0v) is 14.1. The van der Waals surface area contributed by atoms with E-state index in [1.54, 1.807) is 4.90 Å². The number of halogens is 1. The lowest BCUT2D eigenvalue weighted by atomic mass is 10.0. The number of amides is 2. The molecule has 0 aromatic heterocycles. The number of rotatable bonds is 4. The highest BCUT2D eigenvalue weighted by atomic mass is 35.5. The molecule has 1 heterocycles. The second kappa shape index (κ2) is 7.14. The van der Waals surface area contributed by atoms with E-state index < -0.39 is 0 Å². The Balaban J connectivity index is 1.98. The van der Waals surface area contributed by atoms with Gasteiger partial charge in [0.25, 0.3) is 0 Å². The standard InChI is InChI=1S/C17H23ClN2O2/c1-11(2)13-6-7-14(15(18)9-13)10-19-17(22)16-5-4-8-20(16)12(3)21/h6-7,9,11,16H,4-5,8,10H2,1-3H3,(H,19,22). The molecule has 0 bridgehead atoms. The third-order valence-corrected chi connectivity index (χ3v) is 4.51. The Morgan fingerprint density at radius 2 is 2.14 bits per heavy atom. The molecule has 2 amide bonds. The Morgan fingerprint density at radius 1 is 1.41 bits per heavy atom. The lowest BCUT2D eigenvalue weighted by Gasteiger charge is -2.22. The van der Waals surface area contributed by atoms with Gasteiger partial charge in [-0.2, -0.15) is 0 Å². The maximum atomic E-state index is 12.3. The molecule has 5 heteroatoms. The fourth-order valence-corrected chi connectivity index (χ4v) is 3.04. The van der Waals surface area contributed by atoms with Crippen LogP contribution in [0.25, 0.3) is 0 Å². The summed E-state index contributed by atoms with van der Waals surface area (Å²) in [5.41, 5.74) is 2.07. The van der Waals surface area contributed by atoms with Crippen molar-refractivity contribution in [2.75, 3.05) is 6.54 Å². The summed E-state index contributed by atoms with van der Waals surface area (Å²) in [4.78, 5) is 25.4. The van der Waals surface area contributed by atoms with Crippen molar-refractivity contribution >= 4 is 23.4 Å². The predicted octanol–water partition coefficient (Wildman–Crippen LogP) is 3.09. The largest absolute Gasteiger partial charge is 0.350 e. The molecule has 1 unspecified atom stereocenters. The Labute approximate surface area is 136 Å². The topological polar surface area (TPSA) is 49.4 Å². The molecular formula is C17H23ClN2O2. The lowest BCUT2D eigenvalue weighted by Crippen LogP contribution is -2.44. The summed E-state index contributed by atoms with van der Waals surface area (Å²) in [6.07, 6.45) is 1.60. The fourth-order valence-electron chi connectivity index (χ4n) is 2.78. The zero-order chi connectivity index (χ0) is 16.3. The van der Waals surface area contributed by atoms with Crippen molar-refractivity contribution in [3.63, 3.8) is 0 Å². The first-order valence-corrected chi connectivity index (χ1v) is 8.11. The number of hydrogen-bond acceptors (Lipinski definition) is 2. The van der Waals surface area contributed by atoms with Gasteiger partial charge in [-0.15, -0.1) is 0 Å². The van der Waals surface area contributed by atoms with E-state index in [4.69, 9.17) is 11.6 Å². The van der Waals surface area contributed by atoms with Crippen LogP contribution in [0.15, 0.2) is 18.2 Å². The third-order valence-electron chi connectivity index (χ3n) is 4.16. The number of nitrogens with one attached hydrogen (secondary N) is 1. The molecule has 22 heavy (non-hydrogen) atoms. The third kappa shape index (κ3) is 3.80. The van der Waals surface area contributed by atoms with Gasteiger partial charge >= 0.3 is 0 Å². The van der Waals surface area contributed by atoms with Gasteiger partial charge in [0.2, 0.25) is 11.8 Å². The van der Waals surface area contributed by atoms with Gasteiger partial charge in [0.15, 0.2) is 0 Å². The Morgan fingerprint density at radius 3 is 2.73 bits per heavy atom. The second-order valence-corrected chi connectivity index (χ2v) is 6.50. The van der Waals surface area contributed by atoms with E-state index in [2.05, 4.69) is 19.2 Å². The molecule has 1 fully saturated rings. The fraction of sp³-hybridized carbons (Fsp3) is 0.529. The van der Waals surface area contributed by atoms with Crippen LogP contribution in [-0.4, -0.2) is 29.3 Å². The van der Waals surface area contributed by atoms with E-state index in [0.717, 1.165) is 18.4 Å². The highest BCUT2D eigenvalue weighted by molar-refractivity contribution is 6.31. The van der Waals surface area contributed by atoms with Gasteiger partial charge < -0.3 is 10.2 Å². The van der Waals surface area contributed by atoms with E-state index in [1.165, 1.54) is 12.5 Å². The van der Waals surface area contributed by atoms with Gasteiger partial charge in [-0.05, 0) is 36.0 Å². The summed E-state index contributed by atoms with van der Waals surface area (Å²) in [5, 5.41) is 3.57. The van der Waals surface area contributed by atoms with Gasteiger partial charge in [-0.3, -0.25) is 9.59 Å². The summed E-state index contributed by atoms with van der Waals surface area (Å²) in [7, 11) is 0. The molecule has 0 spiro atoms. The van der Waals surface area contributed by atoms with Gasteiger partial charge in [-0.1, -0.05) is 37.6 Å². The van der Waals surface area contributed by atoms with E-state index in [0.29, 0.717) is 24.0 Å². The minimum atomic E-state index is -0.341. The Hall–Kier alpha value is -1.55. The molecule has 1 aromatic carbocycles. The van der Waals surface area contributed by atoms with Gasteiger partial charge in [0.1, 0.15) is 6.04 Å². The molecule has 0 radical (unpaired) electrons. The Kier molecular flexibility index (Phi) is 5.46. The minimum Gasteiger partial charge on any atom is -0.350 e. The quantitative estimate of drug-likeness (QED) is 0.926. The number of carbonyl (C=O) groups excluding carboxylic acids is 2. The molecule has 1 aliphatic rings. The van der Waals surface area contributed by atoms with Crippen LogP contribution >= 0.6 is 11.6 Å². The summed E-state index contributed by atoms with van der Waals surface area (Å²) in [5.74, 6) is 0.275. The van der Waals surface area contributed by atoms with Crippen molar-refractivity contribution in [3.05, 3.63) is 34.3 Å². The first-order chi connectivity index (χ1) is 10.4. The van der Waals surface area contributed by atoms with Crippen LogP contribution in [0.4, 0.5) is 0 Å². The number of benzene rings is 1. The molecule has 0 aliphatic carbocycles. The summed E-state index contributed by atoms with van der Waals surface area (Å²) in [6, 6.07) is 5.60. The molecule has 120 valence electrons. The zero-order valence-electron chi connectivity index (χ0n) is 13.4. The number of carbonyl (C=O) groups is 2. The highest BCUT2D eigenvalue weighted by Gasteiger charge is 2.32. The molecule has 0 saturated carbocycles. The van der Waals surface area contributed by atoms with Gasteiger partial charge in [0.05, 0.1) is 0 Å². The first-order valence-electron chi connectivity index (χ1n) is 7.73. The average molecular weight is 323 g/mol. The predicted molar refractivity (Wildman–Crippen MR) is 87.8 cm³/mol. The van der Waals surface area contributed by atoms with Crippen molar-refractivity contribution < 1.29 is 9.59 Å². The van der Waals surface area contributed by atoms with E-state index in [9.17, 15) is 9.59 Å². The van der Waals surface area contributed by atoms with Crippen molar-refractivity contribution in [3.8, 4) is 0 Å². The molecule has 1 aliphatic heterocycles. The minimum absolute atomic E-state index is 0.0445. The maximum absolute atomic E-state index is 12.3. The number of hydrogen-bond donors (Lipinski definition) is 1. The SMILES string of the molecule is CC(=O)N1CCCC1C(=O)NCc1ccc(C(C)C)cc1Cl. The van der Waals surface area contributed by atoms with Crippen LogP contribution in [0, 0.1) is 0 Å². The summed E-state index contributed by atoms with van der Waals surface area (Å²) >= 11 is 6.28. The average Bonchev–Trinajstić information content (AvgIpc) is 2.95. The monoisotopic (exact) mass is 322 g/mol. The molecule has 2 rings (SSSR count). The van der Waals surface area contributed by atoms with Crippen LogP contribution < -0.4 is 5.32 Å². The van der Waals surface area contributed by atoms with Crippen molar-refractivity contribution in [2.24, 2.45) is 0 Å². The smallest absolute Gasteiger partial charge is 0.243 e. The summed E-state index contributed by atoms with van der Waals surface area (Å²) < 4.78 is 0. The molecule has 4 nitrogen and oxygen atoms in total. The maximum Gasteiger partial charge on any atom is 0.243 e. The van der Waals surface area contributed by atoms with Crippen molar-refractivity contribution in [2.45, 2.75) is 52.1 Å². The van der Waals surface area contributed by atoms with Crippen molar-refractivity contribution in [1.29, 1.82) is 0 Å². The van der Waals surface area contributed by atoms with Gasteiger partial charge in [0, 0.05) is 25.0 Å². The van der Waals surface area contributed by atoms with Crippen LogP contribution in [0.3, 0.4) is 0 Å². The molecular weight excluding hydrogens is 300 g/mol. The molecule has 1 aromatic rings. The second-order valence-electron chi connectivity index (χ2n) is 6.09. The molecule has 1 N–H and O–H groups in total. The van der Waals surface area contributed by atoms with E-state index >= 15 is 0 Å². The summed E-state index contributed by atoms with van der Waals surface area (Å²) in [6.45, 7) is 6.79. The van der Waals surface area contributed by atoms with Crippen LogP contribution in [0.5, 0.6) is 0 Å². The van der Waals surface area contributed by atoms with Crippen LogP contribution in [-0.2, 0) is 16.1 Å². The Bertz CT molecular complexity index is 572. The lowest BCUT2D eigenvalue weighted by molar-refractivity contribution is -0.136. The highest BCUT2D eigenvalue weighted by Crippen LogP contribution is 2.23. The van der Waals surface area contributed by atoms with E-state index in [1.807, 2.05) is 18.2 Å². The van der Waals surface area contributed by atoms with Gasteiger partial charge in [-0.25, -0.2) is 0 Å². The molecule has 1 saturated heterocycles. The van der Waals surface area contributed by atoms with Crippen LogP contribution in [0.2, 0.25) is 5.02 Å². The van der Waals surface area contributed by atoms with Crippen molar-refractivity contribution in [1.82, 2.24) is 10.2 Å². The van der Waals surface area contributed by atoms with Crippen LogP contribution in [0.1, 0.15) is 50.7 Å².